The number of H-pyrrole nitrogens is 1. The summed E-state index contributed by atoms with van der Waals surface area (Å²) in [5.74, 6) is 1.24. The van der Waals surface area contributed by atoms with Crippen molar-refractivity contribution in [3.63, 3.8) is 0 Å². The number of amides is 1. The first-order chi connectivity index (χ1) is 19.5. The van der Waals surface area contributed by atoms with Crippen LogP contribution < -0.4 is 4.74 Å². The van der Waals surface area contributed by atoms with Gasteiger partial charge in [0.05, 0.1) is 18.1 Å². The molecule has 0 saturated carbocycles. The Kier molecular flexibility index (Phi) is 10.1. The Balaban J connectivity index is 1.33. The maximum absolute atomic E-state index is 13.3. The van der Waals surface area contributed by atoms with Crippen molar-refractivity contribution in [3.8, 4) is 16.9 Å². The van der Waals surface area contributed by atoms with Gasteiger partial charge in [0.1, 0.15) is 16.7 Å². The number of nitrogens with one attached hydrogen (secondary N) is 1. The minimum atomic E-state index is -0.108. The second-order valence-electron chi connectivity index (χ2n) is 9.30. The van der Waals surface area contributed by atoms with Crippen molar-refractivity contribution in [1.29, 1.82) is 0 Å². The molecule has 3 aromatic rings. The summed E-state index contributed by atoms with van der Waals surface area (Å²) in [5, 5.41) is 15.1. The van der Waals surface area contributed by atoms with E-state index in [0.717, 1.165) is 62.4 Å². The number of nitrogens with zero attached hydrogens (tertiary/aromatic N) is 5. The van der Waals surface area contributed by atoms with Crippen LogP contribution in [0.5, 0.6) is 5.75 Å². The number of unbranched alkanes of at least 4 members (excludes halogenated alkanes) is 1. The number of carbonyl (C=O) groups is 1. The second-order valence-corrected chi connectivity index (χ2v) is 11.8. The van der Waals surface area contributed by atoms with Crippen LogP contribution in [0.2, 0.25) is 10.0 Å². The van der Waals surface area contributed by atoms with Crippen molar-refractivity contribution in [2.75, 3.05) is 46.0 Å². The largest absolute Gasteiger partial charge is 0.492 e. The third-order valence-corrected chi connectivity index (χ3v) is 8.53. The zero-order valence-electron chi connectivity index (χ0n) is 21.6. The molecule has 1 amide bonds. The topological polar surface area (TPSA) is 96.5 Å². The van der Waals surface area contributed by atoms with Crippen LogP contribution in [0.4, 0.5) is 0 Å². The highest BCUT2D eigenvalue weighted by Crippen LogP contribution is 2.37. The quantitative estimate of drug-likeness (QED) is 0.179. The number of benzene rings is 2. The molecule has 2 aliphatic rings. The molecule has 0 atom stereocenters. The van der Waals surface area contributed by atoms with Crippen LogP contribution >= 0.6 is 47.2 Å². The molecule has 9 nitrogen and oxygen atoms in total. The van der Waals surface area contributed by atoms with E-state index in [0.29, 0.717) is 50.4 Å². The first kappa shape index (κ1) is 29.0. The molecule has 2 saturated heterocycles. The lowest BCUT2D eigenvalue weighted by Crippen LogP contribution is -2.38. The number of morpholine rings is 1. The summed E-state index contributed by atoms with van der Waals surface area (Å²) in [5.41, 5.74) is 2.52. The van der Waals surface area contributed by atoms with Gasteiger partial charge in [0.25, 0.3) is 5.91 Å². The molecule has 0 radical (unpaired) electrons. The Bertz CT molecular complexity index is 1380. The molecule has 1 aromatic heterocycles. The molecule has 2 aliphatic heterocycles. The van der Waals surface area contributed by atoms with Gasteiger partial charge in [-0.1, -0.05) is 64.5 Å². The first-order valence-electron chi connectivity index (χ1n) is 13.0. The molecule has 0 bridgehead atoms. The zero-order chi connectivity index (χ0) is 27.9. The lowest BCUT2D eigenvalue weighted by atomic mass is 10.0. The lowest BCUT2D eigenvalue weighted by molar-refractivity contribution is -0.122. The smallest absolute Gasteiger partial charge is 0.266 e. The first-order valence-corrected chi connectivity index (χ1v) is 15.0. The fraction of sp³-hybridized carbons (Fsp3) is 0.370. The van der Waals surface area contributed by atoms with Crippen molar-refractivity contribution in [3.05, 3.63) is 62.7 Å². The molecule has 40 heavy (non-hydrogen) atoms. The van der Waals surface area contributed by atoms with E-state index in [-0.39, 0.29) is 5.91 Å². The van der Waals surface area contributed by atoms with E-state index >= 15 is 0 Å². The fourth-order valence-corrected chi connectivity index (χ4v) is 6.29. The summed E-state index contributed by atoms with van der Waals surface area (Å²) in [6.45, 7) is 5.09. The van der Waals surface area contributed by atoms with Crippen LogP contribution in [0.3, 0.4) is 0 Å². The predicted octanol–water partition coefficient (Wildman–Crippen LogP) is 5.11. The van der Waals surface area contributed by atoms with Crippen LogP contribution in [-0.4, -0.2) is 86.7 Å². The van der Waals surface area contributed by atoms with Gasteiger partial charge in [-0.05, 0) is 48.7 Å². The minimum absolute atomic E-state index is 0.108. The molecule has 0 spiro atoms. The number of rotatable bonds is 11. The van der Waals surface area contributed by atoms with Crippen LogP contribution in [0, 0.1) is 0 Å². The number of halogens is 2. The number of tetrazole rings is 1. The molecule has 210 valence electrons. The lowest BCUT2D eigenvalue weighted by Gasteiger charge is -2.26. The van der Waals surface area contributed by atoms with Gasteiger partial charge in [-0.2, -0.15) is 5.21 Å². The molecule has 5 rings (SSSR count). The van der Waals surface area contributed by atoms with Gasteiger partial charge in [0, 0.05) is 53.8 Å². The molecule has 0 aliphatic carbocycles. The summed E-state index contributed by atoms with van der Waals surface area (Å²) in [6, 6.07) is 11.3. The van der Waals surface area contributed by atoms with Crippen LogP contribution in [-0.2, 0) is 16.0 Å². The number of hydrogen-bond donors (Lipinski definition) is 1. The van der Waals surface area contributed by atoms with E-state index in [1.165, 1.54) is 11.8 Å². The van der Waals surface area contributed by atoms with Gasteiger partial charge in [0.2, 0.25) is 0 Å². The van der Waals surface area contributed by atoms with Crippen LogP contribution in [0.25, 0.3) is 17.2 Å². The monoisotopic (exact) mass is 618 g/mol. The maximum atomic E-state index is 13.3. The van der Waals surface area contributed by atoms with E-state index in [4.69, 9.17) is 44.9 Å². The number of hydrogen-bond acceptors (Lipinski definition) is 9. The number of aromatic nitrogens is 4. The molecular formula is C27H28Cl2N6O3S2. The predicted molar refractivity (Wildman–Crippen MR) is 162 cm³/mol. The zero-order valence-corrected chi connectivity index (χ0v) is 24.8. The molecular weight excluding hydrogens is 591 g/mol. The summed E-state index contributed by atoms with van der Waals surface area (Å²) in [7, 11) is 0. The van der Waals surface area contributed by atoms with Crippen molar-refractivity contribution < 1.29 is 14.3 Å². The van der Waals surface area contributed by atoms with Gasteiger partial charge in [0.15, 0.2) is 5.82 Å². The highest BCUT2D eigenvalue weighted by molar-refractivity contribution is 8.26. The number of aromatic amines is 1. The molecule has 3 heterocycles. The number of aryl methyl sites for hydroxylation is 1. The highest BCUT2D eigenvalue weighted by atomic mass is 35.5. The van der Waals surface area contributed by atoms with Crippen LogP contribution in [0.15, 0.2) is 41.3 Å². The van der Waals surface area contributed by atoms with Crippen molar-refractivity contribution in [2.45, 2.75) is 19.3 Å². The van der Waals surface area contributed by atoms with Gasteiger partial charge >= 0.3 is 0 Å². The Hall–Kier alpha value is -2.54. The molecule has 2 aromatic carbocycles. The van der Waals surface area contributed by atoms with Gasteiger partial charge in [-0.25, -0.2) is 0 Å². The Labute approximate surface area is 252 Å². The number of thiocarbonyl (C=S) groups is 1. The standard InChI is InChI=1S/C27H28Cl2N6O3S2/c28-20-5-6-21(22(29)17-20)18-4-7-23(38-14-11-34-9-12-37-13-10-34)19(15-18)16-24-26(36)35(27(39)40-24)8-2-1-3-25-30-32-33-31-25/h4-7,15-17H,1-3,8-14H2,(H,30,31,32,33). The summed E-state index contributed by atoms with van der Waals surface area (Å²) in [6.07, 6.45) is 4.14. The maximum Gasteiger partial charge on any atom is 0.266 e. The number of thioether (sulfide) groups is 1. The number of ether oxygens (including phenoxy) is 2. The molecule has 1 N–H and O–H groups in total. The van der Waals surface area contributed by atoms with E-state index in [2.05, 4.69) is 25.5 Å². The minimum Gasteiger partial charge on any atom is -0.492 e. The van der Waals surface area contributed by atoms with E-state index in [1.54, 1.807) is 17.0 Å². The SMILES string of the molecule is O=C1C(=Cc2cc(-c3ccc(Cl)cc3Cl)ccc2OCCN2CCOCC2)SC(=S)N1CCCCc1nn[nH]n1. The van der Waals surface area contributed by atoms with Crippen molar-refractivity contribution in [1.82, 2.24) is 30.4 Å². The highest BCUT2D eigenvalue weighted by Gasteiger charge is 2.32. The molecule has 2 fully saturated rings. The summed E-state index contributed by atoms with van der Waals surface area (Å²) < 4.78 is 12.2. The average molecular weight is 620 g/mol. The van der Waals surface area contributed by atoms with Crippen LogP contribution in [0.1, 0.15) is 24.2 Å². The van der Waals surface area contributed by atoms with Gasteiger partial charge in [-0.15, -0.1) is 10.2 Å². The third kappa shape index (κ3) is 7.39. The van der Waals surface area contributed by atoms with Crippen molar-refractivity contribution in [2.24, 2.45) is 0 Å². The van der Waals surface area contributed by atoms with E-state index in [9.17, 15) is 4.79 Å². The average Bonchev–Trinajstić information content (AvgIpc) is 3.56. The van der Waals surface area contributed by atoms with Gasteiger partial charge < -0.3 is 9.47 Å². The third-order valence-electron chi connectivity index (χ3n) is 6.60. The van der Waals surface area contributed by atoms with E-state index in [1.807, 2.05) is 30.3 Å². The Morgan fingerprint density at radius 1 is 1.12 bits per heavy atom. The fourth-order valence-electron chi connectivity index (χ4n) is 4.47. The summed E-state index contributed by atoms with van der Waals surface area (Å²) >= 11 is 19.5. The molecule has 0 unspecified atom stereocenters. The van der Waals surface area contributed by atoms with Crippen molar-refractivity contribution >= 4 is 63.5 Å². The normalized spacial score (nSPS) is 17.2. The van der Waals surface area contributed by atoms with Gasteiger partial charge in [-0.3, -0.25) is 14.6 Å². The molecule has 13 heteroatoms. The Morgan fingerprint density at radius 3 is 2.75 bits per heavy atom. The summed E-state index contributed by atoms with van der Waals surface area (Å²) in [4.78, 5) is 17.9. The number of carbonyl (C=O) groups excluding carboxylic acids is 1. The van der Waals surface area contributed by atoms with E-state index < -0.39 is 0 Å². The Morgan fingerprint density at radius 2 is 1.98 bits per heavy atom. The second kappa shape index (κ2) is 13.9.